The van der Waals surface area contributed by atoms with E-state index in [4.69, 9.17) is 8.83 Å². The van der Waals surface area contributed by atoms with Gasteiger partial charge in [0, 0.05) is 61.1 Å². The molecule has 0 unspecified atom stereocenters. The highest BCUT2D eigenvalue weighted by Gasteiger charge is 2.20. The zero-order valence-electron chi connectivity index (χ0n) is 31.4. The molecule has 4 nitrogen and oxygen atoms in total. The van der Waals surface area contributed by atoms with E-state index in [-0.39, 0.29) is 0 Å². The standard InChI is InChI=1S/C54H34N2O2/c1-5-19-47-39(15-1)43-31-50-44(32-49(43)55(47)37-13-9-11-33(27-37)35-23-25-53-45(29-35)41-17-3-7-21-51(41)57-53)40-16-2-6-20-48(40)56(50)38-14-10-12-34(28-38)36-24-26-54-46(30-36)42-18-4-8-22-52(42)58-54/h1-7,9-21,23-32H,8,22H2. The Bertz CT molecular complexity index is 3700. The summed E-state index contributed by atoms with van der Waals surface area (Å²) in [6.45, 7) is 0. The monoisotopic (exact) mass is 742 g/mol. The molecule has 0 amide bonds. The maximum Gasteiger partial charge on any atom is 0.135 e. The first kappa shape index (κ1) is 31.6. The molecule has 4 aromatic heterocycles. The lowest BCUT2D eigenvalue weighted by molar-refractivity contribution is 0.546. The van der Waals surface area contributed by atoms with Crippen molar-refractivity contribution in [3.8, 4) is 33.6 Å². The van der Waals surface area contributed by atoms with Crippen molar-refractivity contribution in [3.05, 3.63) is 187 Å². The number of rotatable bonds is 4. The number of fused-ring (bicyclic) bond motifs is 12. The lowest BCUT2D eigenvalue weighted by atomic mass is 9.99. The largest absolute Gasteiger partial charge is 0.460 e. The Morgan fingerprint density at radius 3 is 1.55 bits per heavy atom. The molecule has 0 aliphatic heterocycles. The van der Waals surface area contributed by atoms with Crippen molar-refractivity contribution in [2.75, 3.05) is 0 Å². The van der Waals surface area contributed by atoms with E-state index < -0.39 is 0 Å². The maximum absolute atomic E-state index is 6.25. The summed E-state index contributed by atoms with van der Waals surface area (Å²) in [4.78, 5) is 0. The summed E-state index contributed by atoms with van der Waals surface area (Å²) in [5.41, 5.74) is 15.7. The van der Waals surface area contributed by atoms with Gasteiger partial charge in [0.25, 0.3) is 0 Å². The predicted octanol–water partition coefficient (Wildman–Crippen LogP) is 14.8. The minimum Gasteiger partial charge on any atom is -0.460 e. The molecule has 0 fully saturated rings. The summed E-state index contributed by atoms with van der Waals surface area (Å²) in [6, 6.07) is 61.8. The van der Waals surface area contributed by atoms with E-state index >= 15 is 0 Å². The smallest absolute Gasteiger partial charge is 0.135 e. The van der Waals surface area contributed by atoms with E-state index in [0.717, 1.165) is 68.6 Å². The molecule has 0 spiro atoms. The van der Waals surface area contributed by atoms with E-state index in [9.17, 15) is 0 Å². The molecule has 0 radical (unpaired) electrons. The highest BCUT2D eigenvalue weighted by molar-refractivity contribution is 6.19. The zero-order valence-corrected chi connectivity index (χ0v) is 31.4. The Kier molecular flexibility index (Phi) is 6.53. The van der Waals surface area contributed by atoms with Crippen LogP contribution in [0.1, 0.15) is 17.7 Å². The van der Waals surface area contributed by atoms with Gasteiger partial charge in [0.15, 0.2) is 0 Å². The SMILES string of the molecule is C1=Cc2c(oc3ccc(-c4cccc(-n5c6ccccc6c6cc7c(cc65)c5ccccc5n7-c5cccc(-c6ccc7oc8ccccc8c7c6)c5)c4)cc23)CC1. The highest BCUT2D eigenvalue weighted by Crippen LogP contribution is 2.41. The number of aryl methyl sites for hydroxylation is 1. The minimum absolute atomic E-state index is 0.907. The molecule has 272 valence electrons. The van der Waals surface area contributed by atoms with Gasteiger partial charge in [-0.15, -0.1) is 0 Å². The first-order valence-electron chi connectivity index (χ1n) is 20.0. The fourth-order valence-electron chi connectivity index (χ4n) is 9.67. The quantitative estimate of drug-likeness (QED) is 0.180. The minimum atomic E-state index is 0.907. The van der Waals surface area contributed by atoms with Crippen LogP contribution in [0.3, 0.4) is 0 Å². The van der Waals surface area contributed by atoms with E-state index in [0.29, 0.717) is 0 Å². The summed E-state index contributed by atoms with van der Waals surface area (Å²) >= 11 is 0. The van der Waals surface area contributed by atoms with Crippen molar-refractivity contribution in [3.63, 3.8) is 0 Å². The lowest BCUT2D eigenvalue weighted by Crippen LogP contribution is -1.95. The third-order valence-corrected chi connectivity index (χ3v) is 12.3. The van der Waals surface area contributed by atoms with Crippen LogP contribution in [0.4, 0.5) is 0 Å². The second-order valence-corrected chi connectivity index (χ2v) is 15.6. The van der Waals surface area contributed by atoms with Crippen LogP contribution in [0.25, 0.3) is 116 Å². The van der Waals surface area contributed by atoms with Crippen LogP contribution in [0.5, 0.6) is 0 Å². The van der Waals surface area contributed by atoms with Crippen molar-refractivity contribution in [2.45, 2.75) is 12.8 Å². The van der Waals surface area contributed by atoms with Gasteiger partial charge in [-0.2, -0.15) is 0 Å². The number of para-hydroxylation sites is 3. The second-order valence-electron chi connectivity index (χ2n) is 15.6. The number of hydrogen-bond acceptors (Lipinski definition) is 2. The van der Waals surface area contributed by atoms with Crippen molar-refractivity contribution in [2.24, 2.45) is 0 Å². The molecule has 8 aromatic carbocycles. The molecule has 1 aliphatic carbocycles. The molecule has 13 rings (SSSR count). The topological polar surface area (TPSA) is 36.1 Å². The van der Waals surface area contributed by atoms with Crippen LogP contribution in [0.15, 0.2) is 185 Å². The molecule has 12 aromatic rings. The third-order valence-electron chi connectivity index (χ3n) is 12.3. The summed E-state index contributed by atoms with van der Waals surface area (Å²) in [7, 11) is 0. The lowest BCUT2D eigenvalue weighted by Gasteiger charge is -2.12. The number of aromatic nitrogens is 2. The molecule has 4 heterocycles. The molecule has 0 bridgehead atoms. The van der Waals surface area contributed by atoms with Gasteiger partial charge in [0.2, 0.25) is 0 Å². The van der Waals surface area contributed by atoms with Gasteiger partial charge in [-0.3, -0.25) is 0 Å². The number of nitrogens with zero attached hydrogens (tertiary/aromatic N) is 2. The molecule has 0 saturated heterocycles. The Morgan fingerprint density at radius 2 is 0.897 bits per heavy atom. The van der Waals surface area contributed by atoms with Crippen LogP contribution in [-0.2, 0) is 6.42 Å². The van der Waals surface area contributed by atoms with Crippen molar-refractivity contribution < 1.29 is 8.83 Å². The Morgan fingerprint density at radius 1 is 0.362 bits per heavy atom. The Labute approximate surface area is 333 Å². The van der Waals surface area contributed by atoms with Gasteiger partial charge in [-0.1, -0.05) is 103 Å². The first-order valence-corrected chi connectivity index (χ1v) is 20.0. The van der Waals surface area contributed by atoms with Gasteiger partial charge < -0.3 is 18.0 Å². The van der Waals surface area contributed by atoms with Gasteiger partial charge >= 0.3 is 0 Å². The van der Waals surface area contributed by atoms with Crippen molar-refractivity contribution in [1.82, 2.24) is 9.13 Å². The average molecular weight is 743 g/mol. The van der Waals surface area contributed by atoms with Gasteiger partial charge in [-0.05, 0) is 108 Å². The Balaban J connectivity index is 0.993. The number of benzene rings is 8. The summed E-state index contributed by atoms with van der Waals surface area (Å²) in [5, 5.41) is 8.37. The van der Waals surface area contributed by atoms with Crippen LogP contribution >= 0.6 is 0 Å². The van der Waals surface area contributed by atoms with Crippen LogP contribution in [0.2, 0.25) is 0 Å². The summed E-state index contributed by atoms with van der Waals surface area (Å²) < 4.78 is 17.3. The van der Waals surface area contributed by atoms with Gasteiger partial charge in [0.05, 0.1) is 22.1 Å². The van der Waals surface area contributed by atoms with Crippen LogP contribution in [-0.4, -0.2) is 9.13 Å². The number of allylic oxidation sites excluding steroid dienone is 1. The molecular formula is C54H34N2O2. The van der Waals surface area contributed by atoms with Crippen molar-refractivity contribution >= 4 is 82.6 Å². The second kappa shape index (κ2) is 12.0. The number of furan rings is 2. The van der Waals surface area contributed by atoms with Crippen molar-refractivity contribution in [1.29, 1.82) is 0 Å². The van der Waals surface area contributed by atoms with E-state index in [2.05, 4.69) is 179 Å². The zero-order chi connectivity index (χ0) is 37.9. The fraction of sp³-hybridized carbons (Fsp3) is 0.0370. The average Bonchev–Trinajstić information content (AvgIpc) is 4.03. The molecule has 0 N–H and O–H groups in total. The van der Waals surface area contributed by atoms with Gasteiger partial charge in [-0.25, -0.2) is 0 Å². The van der Waals surface area contributed by atoms with E-state index in [1.54, 1.807) is 0 Å². The van der Waals surface area contributed by atoms with E-state index in [1.807, 2.05) is 12.1 Å². The first-order chi connectivity index (χ1) is 28.7. The molecular weight excluding hydrogens is 709 g/mol. The molecule has 1 aliphatic rings. The van der Waals surface area contributed by atoms with Gasteiger partial charge in [0.1, 0.15) is 22.5 Å². The Hall–Kier alpha value is -7.56. The molecule has 58 heavy (non-hydrogen) atoms. The summed E-state index contributed by atoms with van der Waals surface area (Å²) in [5.74, 6) is 1.09. The van der Waals surface area contributed by atoms with Crippen LogP contribution in [0, 0.1) is 0 Å². The third kappa shape index (κ3) is 4.57. The summed E-state index contributed by atoms with van der Waals surface area (Å²) in [6.07, 6.45) is 6.46. The maximum atomic E-state index is 6.25. The molecule has 0 atom stereocenters. The molecule has 0 saturated carbocycles. The fourth-order valence-corrected chi connectivity index (χ4v) is 9.67. The number of hydrogen-bond donors (Lipinski definition) is 0. The van der Waals surface area contributed by atoms with Crippen LogP contribution < -0.4 is 0 Å². The normalized spacial score (nSPS) is 13.0. The predicted molar refractivity (Wildman–Crippen MR) is 240 cm³/mol. The molecule has 4 heteroatoms. The highest BCUT2D eigenvalue weighted by atomic mass is 16.3. The van der Waals surface area contributed by atoms with E-state index in [1.165, 1.54) is 65.7 Å².